The van der Waals surface area contributed by atoms with Gasteiger partial charge in [0.15, 0.2) is 0 Å². The van der Waals surface area contributed by atoms with Crippen LogP contribution in [0.4, 0.5) is 0 Å². The molecule has 0 aliphatic heterocycles. The summed E-state index contributed by atoms with van der Waals surface area (Å²) >= 11 is 0. The molecule has 0 unspecified atom stereocenters. The third-order valence-electron chi connectivity index (χ3n) is 11.2. The van der Waals surface area contributed by atoms with E-state index in [1.165, 1.54) is 22.3 Å². The van der Waals surface area contributed by atoms with Gasteiger partial charge >= 0.3 is 0 Å². The molecule has 0 amide bonds. The van der Waals surface area contributed by atoms with E-state index in [2.05, 4.69) is 166 Å². The van der Waals surface area contributed by atoms with Crippen LogP contribution in [-0.2, 0) is 5.41 Å². The number of phenols is 1. The van der Waals surface area contributed by atoms with Crippen LogP contribution in [-0.4, -0.2) is 19.6 Å². The first-order valence-corrected chi connectivity index (χ1v) is 19.5. The van der Waals surface area contributed by atoms with Crippen molar-refractivity contribution in [1.29, 1.82) is 0 Å². The van der Waals surface area contributed by atoms with E-state index >= 15 is 0 Å². The van der Waals surface area contributed by atoms with E-state index in [0.717, 1.165) is 61.5 Å². The maximum absolute atomic E-state index is 11.2. The van der Waals surface area contributed by atoms with Gasteiger partial charge in [-0.2, -0.15) is 0 Å². The summed E-state index contributed by atoms with van der Waals surface area (Å²) in [6, 6.07) is 63.1. The van der Waals surface area contributed by atoms with Crippen molar-refractivity contribution in [3.8, 4) is 67.5 Å². The van der Waals surface area contributed by atoms with E-state index in [9.17, 15) is 5.11 Å². The van der Waals surface area contributed by atoms with Crippen molar-refractivity contribution in [2.75, 3.05) is 0 Å². The molecule has 0 aliphatic rings. The number of hydrogen-bond acceptors (Lipinski definition) is 3. The van der Waals surface area contributed by atoms with Gasteiger partial charge in [0, 0.05) is 22.2 Å². The van der Waals surface area contributed by atoms with Crippen molar-refractivity contribution >= 4 is 11.0 Å². The van der Waals surface area contributed by atoms with Crippen LogP contribution >= 0.6 is 0 Å². The molecule has 57 heavy (non-hydrogen) atoms. The fraction of sp³-hybridized carbons (Fsp3) is 0.0943. The van der Waals surface area contributed by atoms with Crippen molar-refractivity contribution in [3.05, 3.63) is 204 Å². The Morgan fingerprint density at radius 1 is 0.491 bits per heavy atom. The third kappa shape index (κ3) is 6.59. The van der Waals surface area contributed by atoms with Crippen LogP contribution in [0.2, 0.25) is 0 Å². The zero-order valence-electron chi connectivity index (χ0n) is 32.6. The van der Waals surface area contributed by atoms with Crippen molar-refractivity contribution in [3.63, 3.8) is 0 Å². The van der Waals surface area contributed by atoms with Gasteiger partial charge in [0.05, 0.1) is 28.0 Å². The highest BCUT2D eigenvalue weighted by Crippen LogP contribution is 2.43. The number of pyridine rings is 1. The number of aromatic hydroxyl groups is 1. The average Bonchev–Trinajstić information content (AvgIpc) is 3.63. The normalized spacial score (nSPS) is 11.6. The summed E-state index contributed by atoms with van der Waals surface area (Å²) in [6.45, 7) is 8.85. The number of aromatic nitrogens is 3. The fourth-order valence-corrected chi connectivity index (χ4v) is 8.17. The molecule has 0 aliphatic carbocycles. The van der Waals surface area contributed by atoms with Gasteiger partial charge in [-0.3, -0.25) is 9.55 Å². The van der Waals surface area contributed by atoms with Crippen LogP contribution < -0.4 is 0 Å². The quantitative estimate of drug-likeness (QED) is 0.169. The Hall–Kier alpha value is -7.04. The van der Waals surface area contributed by atoms with Crippen molar-refractivity contribution in [2.45, 2.75) is 33.1 Å². The maximum atomic E-state index is 11.2. The lowest BCUT2D eigenvalue weighted by Gasteiger charge is -2.25. The second-order valence-corrected chi connectivity index (χ2v) is 15.3. The zero-order valence-corrected chi connectivity index (χ0v) is 32.6. The minimum atomic E-state index is -0.301. The smallest absolute Gasteiger partial charge is 0.149 e. The van der Waals surface area contributed by atoms with Crippen LogP contribution in [0.15, 0.2) is 182 Å². The van der Waals surface area contributed by atoms with Crippen LogP contribution in [0.25, 0.3) is 72.7 Å². The Balaban J connectivity index is 1.35. The van der Waals surface area contributed by atoms with E-state index in [0.29, 0.717) is 11.4 Å². The molecule has 0 saturated carbocycles. The number of imidazole rings is 1. The monoisotopic (exact) mass is 737 g/mol. The van der Waals surface area contributed by atoms with Gasteiger partial charge in [-0.25, -0.2) is 4.98 Å². The van der Waals surface area contributed by atoms with Gasteiger partial charge in [-0.05, 0) is 125 Å². The molecule has 1 N–H and O–H groups in total. The summed E-state index contributed by atoms with van der Waals surface area (Å²) in [5, 5.41) is 11.2. The molecule has 2 heterocycles. The van der Waals surface area contributed by atoms with Gasteiger partial charge < -0.3 is 5.11 Å². The Morgan fingerprint density at radius 3 is 1.82 bits per heavy atom. The zero-order chi connectivity index (χ0) is 39.1. The van der Waals surface area contributed by atoms with Crippen LogP contribution in [0.5, 0.6) is 5.75 Å². The predicted molar refractivity (Wildman–Crippen MR) is 236 cm³/mol. The van der Waals surface area contributed by atoms with E-state index in [4.69, 9.17) is 9.97 Å². The van der Waals surface area contributed by atoms with Gasteiger partial charge in [0.1, 0.15) is 11.6 Å². The molecule has 2 aromatic heterocycles. The SMILES string of the molecule is Cc1cccc(C)c1-c1cc(-c2cccc(C(C)(C)c3ccccc3)n2)cc(-c2cc(-c3ccccc3)cc3c2nc(-c2ccccc2O)n3-c2ccccc2)c1. The number of rotatable bonds is 8. The number of fused-ring (bicyclic) bond motifs is 1. The molecule has 0 radical (unpaired) electrons. The van der Waals surface area contributed by atoms with Gasteiger partial charge in [-0.15, -0.1) is 0 Å². The van der Waals surface area contributed by atoms with E-state index in [-0.39, 0.29) is 11.2 Å². The highest BCUT2D eigenvalue weighted by Gasteiger charge is 2.26. The average molecular weight is 738 g/mol. The minimum absolute atomic E-state index is 0.179. The second-order valence-electron chi connectivity index (χ2n) is 15.3. The lowest BCUT2D eigenvalue weighted by molar-refractivity contribution is 0.477. The molecule has 0 atom stereocenters. The summed E-state index contributed by atoms with van der Waals surface area (Å²) in [5.41, 5.74) is 16.2. The fourth-order valence-electron chi connectivity index (χ4n) is 8.17. The van der Waals surface area contributed by atoms with E-state index in [1.807, 2.05) is 42.5 Å². The van der Waals surface area contributed by atoms with E-state index < -0.39 is 0 Å². The summed E-state index contributed by atoms with van der Waals surface area (Å²) in [6.07, 6.45) is 0. The number of hydrogen-bond donors (Lipinski definition) is 1. The molecular formula is C53H43N3O. The second kappa shape index (κ2) is 14.6. The molecule has 0 fully saturated rings. The van der Waals surface area contributed by atoms with Crippen molar-refractivity contribution in [2.24, 2.45) is 0 Å². The molecule has 4 heteroatoms. The number of nitrogens with zero attached hydrogens (tertiary/aromatic N) is 3. The lowest BCUT2D eigenvalue weighted by atomic mass is 9.81. The van der Waals surface area contributed by atoms with Gasteiger partial charge in [0.2, 0.25) is 0 Å². The topological polar surface area (TPSA) is 50.9 Å². The summed E-state index contributed by atoms with van der Waals surface area (Å²) in [4.78, 5) is 10.8. The van der Waals surface area contributed by atoms with Gasteiger partial charge in [0.25, 0.3) is 0 Å². The lowest BCUT2D eigenvalue weighted by Crippen LogP contribution is -2.20. The highest BCUT2D eigenvalue weighted by molar-refractivity contribution is 6.00. The van der Waals surface area contributed by atoms with Crippen LogP contribution in [0, 0.1) is 13.8 Å². The van der Waals surface area contributed by atoms with Crippen LogP contribution in [0.3, 0.4) is 0 Å². The Bertz CT molecular complexity index is 2870. The predicted octanol–water partition coefficient (Wildman–Crippen LogP) is 13.4. The molecule has 0 saturated heterocycles. The molecular weight excluding hydrogens is 695 g/mol. The number of para-hydroxylation sites is 2. The first-order chi connectivity index (χ1) is 27.8. The standard InChI is InChI=1S/C53H43N3O/c1-35-18-16-19-36(2)50(35)41-31-39(30-40(32-41)46-27-17-29-49(54-46)53(3,4)42-22-10-6-11-23-42)45-33-38(37-20-8-5-9-21-37)34-47-51(45)55-52(44-26-14-15-28-48(44)57)56(47)43-24-12-7-13-25-43/h5-34,57H,1-4H3. The maximum Gasteiger partial charge on any atom is 0.149 e. The largest absolute Gasteiger partial charge is 0.507 e. The first-order valence-electron chi connectivity index (χ1n) is 19.5. The number of phenolic OH excluding ortho intramolecular Hbond substituents is 1. The summed E-state index contributed by atoms with van der Waals surface area (Å²) in [5.74, 6) is 0.850. The first kappa shape index (κ1) is 35.6. The summed E-state index contributed by atoms with van der Waals surface area (Å²) < 4.78 is 2.17. The molecule has 0 spiro atoms. The third-order valence-corrected chi connectivity index (χ3v) is 11.2. The van der Waals surface area contributed by atoms with Crippen LogP contribution in [0.1, 0.15) is 36.2 Å². The molecule has 0 bridgehead atoms. The Kier molecular flexibility index (Phi) is 9.10. The van der Waals surface area contributed by atoms with Crippen molar-refractivity contribution in [1.82, 2.24) is 14.5 Å². The number of aryl methyl sites for hydroxylation is 2. The van der Waals surface area contributed by atoms with Gasteiger partial charge in [-0.1, -0.05) is 129 Å². The molecule has 7 aromatic carbocycles. The minimum Gasteiger partial charge on any atom is -0.507 e. The highest BCUT2D eigenvalue weighted by atomic mass is 16.3. The Labute approximate surface area is 334 Å². The molecule has 276 valence electrons. The molecule has 4 nitrogen and oxygen atoms in total. The number of benzene rings is 7. The molecule has 9 aromatic rings. The molecule has 9 rings (SSSR count). The Morgan fingerprint density at radius 2 is 1.11 bits per heavy atom. The van der Waals surface area contributed by atoms with Crippen molar-refractivity contribution < 1.29 is 5.11 Å². The van der Waals surface area contributed by atoms with E-state index in [1.54, 1.807) is 6.07 Å². The summed E-state index contributed by atoms with van der Waals surface area (Å²) in [7, 11) is 0.